The molecule has 0 amide bonds. The van der Waals surface area contributed by atoms with Crippen molar-refractivity contribution in [2.24, 2.45) is 0 Å². The molecule has 0 bridgehead atoms. The summed E-state index contributed by atoms with van der Waals surface area (Å²) >= 11 is 0. The van der Waals surface area contributed by atoms with Gasteiger partial charge in [0.25, 0.3) is 0 Å². The fraction of sp³-hybridized carbons (Fsp3) is 0.588. The number of rotatable bonds is 5. The lowest BCUT2D eigenvalue weighted by molar-refractivity contribution is 0.138. The van der Waals surface area contributed by atoms with Crippen molar-refractivity contribution in [1.29, 1.82) is 0 Å². The van der Waals surface area contributed by atoms with E-state index in [1.165, 1.54) is 42.4 Å². The van der Waals surface area contributed by atoms with E-state index in [1.807, 2.05) is 7.05 Å². The third-order valence-electron chi connectivity index (χ3n) is 4.58. The van der Waals surface area contributed by atoms with E-state index in [0.717, 1.165) is 19.6 Å². The lowest BCUT2D eigenvalue weighted by Crippen LogP contribution is -2.44. The van der Waals surface area contributed by atoms with Gasteiger partial charge in [-0.1, -0.05) is 24.6 Å². The van der Waals surface area contributed by atoms with Gasteiger partial charge in [0.2, 0.25) is 0 Å². The summed E-state index contributed by atoms with van der Waals surface area (Å²) in [5.74, 6) is 0. The van der Waals surface area contributed by atoms with Gasteiger partial charge in [-0.3, -0.25) is 9.58 Å². The minimum atomic E-state index is 0.647. The zero-order valence-electron chi connectivity index (χ0n) is 13.2. The predicted molar refractivity (Wildman–Crippen MR) is 87.4 cm³/mol. The van der Waals surface area contributed by atoms with Crippen molar-refractivity contribution < 1.29 is 0 Å². The van der Waals surface area contributed by atoms with Gasteiger partial charge in [0, 0.05) is 31.1 Å². The maximum atomic E-state index is 4.85. The van der Waals surface area contributed by atoms with Crippen LogP contribution in [0.5, 0.6) is 0 Å². The Kier molecular flexibility index (Phi) is 4.56. The first-order chi connectivity index (χ1) is 10.3. The van der Waals surface area contributed by atoms with E-state index in [0.29, 0.717) is 6.04 Å². The Morgan fingerprint density at radius 3 is 2.95 bits per heavy atom. The zero-order valence-corrected chi connectivity index (χ0v) is 13.2. The minimum absolute atomic E-state index is 0.647. The predicted octanol–water partition coefficient (Wildman–Crippen LogP) is 2.63. The summed E-state index contributed by atoms with van der Waals surface area (Å²) in [4.78, 5) is 2.61. The van der Waals surface area contributed by atoms with Crippen LogP contribution in [0.2, 0.25) is 0 Å². The van der Waals surface area contributed by atoms with Crippen molar-refractivity contribution in [2.75, 3.05) is 20.1 Å². The summed E-state index contributed by atoms with van der Waals surface area (Å²) in [5.41, 5.74) is 2.49. The van der Waals surface area contributed by atoms with Gasteiger partial charge in [-0.2, -0.15) is 5.10 Å². The number of nitrogens with zero attached hydrogens (tertiary/aromatic N) is 3. The van der Waals surface area contributed by atoms with Crippen molar-refractivity contribution in [3.8, 4) is 0 Å². The molecule has 0 radical (unpaired) electrons. The van der Waals surface area contributed by atoms with Gasteiger partial charge >= 0.3 is 0 Å². The van der Waals surface area contributed by atoms with E-state index in [4.69, 9.17) is 5.10 Å². The van der Waals surface area contributed by atoms with Gasteiger partial charge in [-0.05, 0) is 39.4 Å². The Morgan fingerprint density at radius 2 is 2.14 bits per heavy atom. The Morgan fingerprint density at radius 1 is 1.29 bits per heavy atom. The van der Waals surface area contributed by atoms with E-state index in [-0.39, 0.29) is 0 Å². The molecule has 1 N–H and O–H groups in total. The van der Waals surface area contributed by atoms with Crippen LogP contribution in [0.1, 0.15) is 31.9 Å². The first kappa shape index (κ1) is 14.5. The highest BCUT2D eigenvalue weighted by Crippen LogP contribution is 2.23. The molecule has 1 saturated heterocycles. The molecule has 2 aromatic rings. The largest absolute Gasteiger partial charge is 0.318 e. The van der Waals surface area contributed by atoms with Crippen molar-refractivity contribution >= 4 is 10.9 Å². The molecule has 1 unspecified atom stereocenters. The van der Waals surface area contributed by atoms with Crippen LogP contribution < -0.4 is 5.32 Å². The molecular weight excluding hydrogens is 260 g/mol. The van der Waals surface area contributed by atoms with Crippen LogP contribution in [0, 0.1) is 0 Å². The topological polar surface area (TPSA) is 33.1 Å². The molecule has 4 nitrogen and oxygen atoms in total. The highest BCUT2D eigenvalue weighted by Gasteiger charge is 2.23. The number of nitrogens with one attached hydrogen (secondary N) is 1. The lowest BCUT2D eigenvalue weighted by atomic mass is 10.0. The van der Waals surface area contributed by atoms with Crippen molar-refractivity contribution in [2.45, 2.75) is 45.3 Å². The SMILES string of the molecule is CCn1nc(CN2CCCCC2CNC)c2ccccc21. The second-order valence-electron chi connectivity index (χ2n) is 5.96. The summed E-state index contributed by atoms with van der Waals surface area (Å²) in [6.07, 6.45) is 3.97. The molecular formula is C17H26N4. The number of aromatic nitrogens is 2. The summed E-state index contributed by atoms with van der Waals surface area (Å²) in [6.45, 7) is 6.33. The average Bonchev–Trinajstić information content (AvgIpc) is 2.88. The molecule has 1 aliphatic rings. The summed E-state index contributed by atoms with van der Waals surface area (Å²) < 4.78 is 2.13. The molecule has 1 aromatic carbocycles. The number of hydrogen-bond acceptors (Lipinski definition) is 3. The van der Waals surface area contributed by atoms with Crippen LogP contribution in [-0.4, -0.2) is 40.9 Å². The Labute approximate surface area is 127 Å². The van der Waals surface area contributed by atoms with E-state index in [2.05, 4.69) is 46.1 Å². The van der Waals surface area contributed by atoms with Gasteiger partial charge < -0.3 is 5.32 Å². The van der Waals surface area contributed by atoms with E-state index < -0.39 is 0 Å². The molecule has 1 aromatic heterocycles. The summed E-state index contributed by atoms with van der Waals surface area (Å²) in [5, 5.41) is 9.50. The lowest BCUT2D eigenvalue weighted by Gasteiger charge is -2.35. The smallest absolute Gasteiger partial charge is 0.0843 e. The van der Waals surface area contributed by atoms with Gasteiger partial charge in [-0.15, -0.1) is 0 Å². The maximum Gasteiger partial charge on any atom is 0.0843 e. The van der Waals surface area contributed by atoms with E-state index in [9.17, 15) is 0 Å². The fourth-order valence-corrected chi connectivity index (χ4v) is 3.48. The molecule has 21 heavy (non-hydrogen) atoms. The number of aryl methyl sites for hydroxylation is 1. The number of likely N-dealkylation sites (tertiary alicyclic amines) is 1. The number of hydrogen-bond donors (Lipinski definition) is 1. The van der Waals surface area contributed by atoms with Crippen LogP contribution >= 0.6 is 0 Å². The van der Waals surface area contributed by atoms with Crippen molar-refractivity contribution in [3.63, 3.8) is 0 Å². The van der Waals surface area contributed by atoms with Crippen LogP contribution in [0.3, 0.4) is 0 Å². The molecule has 0 aliphatic carbocycles. The molecule has 2 heterocycles. The third kappa shape index (κ3) is 2.97. The molecule has 1 fully saturated rings. The zero-order chi connectivity index (χ0) is 14.7. The minimum Gasteiger partial charge on any atom is -0.318 e. The van der Waals surface area contributed by atoms with E-state index in [1.54, 1.807) is 0 Å². The fourth-order valence-electron chi connectivity index (χ4n) is 3.48. The highest BCUT2D eigenvalue weighted by atomic mass is 15.3. The quantitative estimate of drug-likeness (QED) is 0.917. The van der Waals surface area contributed by atoms with E-state index >= 15 is 0 Å². The monoisotopic (exact) mass is 286 g/mol. The molecule has 4 heteroatoms. The number of likely N-dealkylation sites (N-methyl/N-ethyl adjacent to an activating group) is 1. The maximum absolute atomic E-state index is 4.85. The second kappa shape index (κ2) is 6.58. The molecule has 0 saturated carbocycles. The average molecular weight is 286 g/mol. The van der Waals surface area contributed by atoms with Gasteiger partial charge in [0.15, 0.2) is 0 Å². The van der Waals surface area contributed by atoms with Crippen molar-refractivity contribution in [3.05, 3.63) is 30.0 Å². The molecule has 3 rings (SSSR count). The number of fused-ring (bicyclic) bond motifs is 1. The first-order valence-electron chi connectivity index (χ1n) is 8.16. The number of benzene rings is 1. The highest BCUT2D eigenvalue weighted by molar-refractivity contribution is 5.81. The molecule has 1 aliphatic heterocycles. The second-order valence-corrected chi connectivity index (χ2v) is 5.96. The van der Waals surface area contributed by atoms with Crippen LogP contribution in [0.4, 0.5) is 0 Å². The summed E-state index contributed by atoms with van der Waals surface area (Å²) in [6, 6.07) is 9.26. The standard InChI is InChI=1S/C17H26N4/c1-3-21-17-10-5-4-9-15(17)16(19-21)13-20-11-7-6-8-14(20)12-18-2/h4-5,9-10,14,18H,3,6-8,11-13H2,1-2H3. The first-order valence-corrected chi connectivity index (χ1v) is 8.16. The van der Waals surface area contributed by atoms with Crippen LogP contribution in [0.25, 0.3) is 10.9 Å². The number of piperidine rings is 1. The Hall–Kier alpha value is -1.39. The number of para-hydroxylation sites is 1. The molecule has 114 valence electrons. The Balaban J connectivity index is 1.86. The van der Waals surface area contributed by atoms with Gasteiger partial charge in [0.05, 0.1) is 11.2 Å². The van der Waals surface area contributed by atoms with Crippen LogP contribution in [-0.2, 0) is 13.1 Å². The Bertz CT molecular complexity index is 587. The third-order valence-corrected chi connectivity index (χ3v) is 4.58. The van der Waals surface area contributed by atoms with Gasteiger partial charge in [-0.25, -0.2) is 0 Å². The molecule has 0 spiro atoms. The normalized spacial score (nSPS) is 20.2. The van der Waals surface area contributed by atoms with Gasteiger partial charge in [0.1, 0.15) is 0 Å². The van der Waals surface area contributed by atoms with Crippen molar-refractivity contribution in [1.82, 2.24) is 20.0 Å². The van der Waals surface area contributed by atoms with Crippen LogP contribution in [0.15, 0.2) is 24.3 Å². The molecule has 1 atom stereocenters. The summed E-state index contributed by atoms with van der Waals surface area (Å²) in [7, 11) is 2.05.